The number of carbonyl (C=O) groups excluding carboxylic acids is 1. The number of esters is 1. The van der Waals surface area contributed by atoms with Crippen molar-refractivity contribution in [2.24, 2.45) is 0 Å². The molecule has 0 aliphatic carbocycles. The Morgan fingerprint density at radius 2 is 1.30 bits per heavy atom. The van der Waals surface area contributed by atoms with E-state index in [9.17, 15) is 0 Å². The van der Waals surface area contributed by atoms with Crippen molar-refractivity contribution in [2.75, 3.05) is 6.61 Å². The fourth-order valence-electron chi connectivity index (χ4n) is 5.94. The van der Waals surface area contributed by atoms with Crippen molar-refractivity contribution >= 4 is 25.4 Å². The molecule has 46 heavy (non-hydrogen) atoms. The molecule has 0 spiro atoms. The van der Waals surface area contributed by atoms with Crippen LogP contribution in [0.1, 0.15) is 35.8 Å². The number of fused-ring (bicyclic) bond motifs is 1. The fourth-order valence-corrected chi connectivity index (χ4v) is 7.96. The summed E-state index contributed by atoms with van der Waals surface area (Å²) in [6.45, 7) is 1.09. The van der Waals surface area contributed by atoms with Crippen LogP contribution in [0.15, 0.2) is 121 Å². The van der Waals surface area contributed by atoms with Gasteiger partial charge in [-0.15, -0.1) is 0 Å². The molecule has 0 bridgehead atoms. The van der Waals surface area contributed by atoms with Gasteiger partial charge in [0.2, 0.25) is 0 Å². The van der Waals surface area contributed by atoms with Gasteiger partial charge in [0.15, 0.2) is 0 Å². The summed E-state index contributed by atoms with van der Waals surface area (Å²) in [7, 11) is 0. The van der Waals surface area contributed by atoms with E-state index < -0.39 is 37.0 Å². The third-order valence-electron chi connectivity index (χ3n) is 8.32. The quantitative estimate of drug-likeness (QED) is 0.115. The van der Waals surface area contributed by atoms with E-state index in [1.807, 2.05) is 78.9 Å². The Hall–Kier alpha value is -3.33. The predicted octanol–water partition coefficient (Wildman–Crippen LogP) is 5.69. The van der Waals surface area contributed by atoms with Gasteiger partial charge < -0.3 is 0 Å². The van der Waals surface area contributed by atoms with Crippen LogP contribution in [0, 0.1) is 0 Å². The number of benzene rings is 4. The minimum absolute atomic E-state index is 0.119. The van der Waals surface area contributed by atoms with Gasteiger partial charge in [0, 0.05) is 0 Å². The molecule has 3 aliphatic rings. The fraction of sp³-hybridized carbons (Fsp3) is 0.342. The van der Waals surface area contributed by atoms with E-state index in [4.69, 9.17) is 32.8 Å². The Morgan fingerprint density at radius 3 is 1.98 bits per heavy atom. The first-order valence-corrected chi connectivity index (χ1v) is 18.0. The van der Waals surface area contributed by atoms with Crippen LogP contribution in [-0.4, -0.2) is 64.3 Å². The van der Waals surface area contributed by atoms with Crippen molar-refractivity contribution in [1.82, 2.24) is 0 Å². The minimum Gasteiger partial charge on any atom is -0.0619 e. The SMILES string of the molecule is c1ccc(COC2C(OCc3ccccc3)[C@@H]([O+]=C3CCC(C[Se]c4ccccc4)O3)OC3COC(c4ccccc4)O[C@H]32)cc1. The van der Waals surface area contributed by atoms with Gasteiger partial charge >= 0.3 is 223 Å². The monoisotopic (exact) mass is 687 g/mol. The van der Waals surface area contributed by atoms with Crippen molar-refractivity contribution in [3.8, 4) is 0 Å². The number of ether oxygens (including phenoxy) is 6. The number of hydrogen-bond acceptors (Lipinski definition) is 6. The summed E-state index contributed by atoms with van der Waals surface area (Å²) in [5.74, 6) is 0.590. The Balaban J connectivity index is 1.13. The molecule has 3 heterocycles. The maximum absolute atomic E-state index is 6.71. The molecular weight excluding hydrogens is 647 g/mol. The zero-order valence-electron chi connectivity index (χ0n) is 25.6. The van der Waals surface area contributed by atoms with Gasteiger partial charge in [-0.05, 0) is 0 Å². The molecule has 3 fully saturated rings. The first-order valence-electron chi connectivity index (χ1n) is 15.9. The van der Waals surface area contributed by atoms with Crippen molar-refractivity contribution in [3.63, 3.8) is 0 Å². The van der Waals surface area contributed by atoms with Crippen LogP contribution in [0.3, 0.4) is 0 Å². The molecule has 7 atom stereocenters. The summed E-state index contributed by atoms with van der Waals surface area (Å²) < 4.78 is 47.0. The Kier molecular flexibility index (Phi) is 10.5. The van der Waals surface area contributed by atoms with Crippen LogP contribution in [0.2, 0.25) is 5.32 Å². The Labute approximate surface area is 276 Å². The van der Waals surface area contributed by atoms with Crippen LogP contribution >= 0.6 is 0 Å². The number of cyclic esters (lactones) is 1. The van der Waals surface area contributed by atoms with Crippen molar-refractivity contribution in [3.05, 3.63) is 138 Å². The normalized spacial score (nSPS) is 28.4. The average Bonchev–Trinajstić information content (AvgIpc) is 3.57. The van der Waals surface area contributed by atoms with Crippen molar-refractivity contribution < 1.29 is 32.8 Å². The van der Waals surface area contributed by atoms with Crippen molar-refractivity contribution in [1.29, 1.82) is 0 Å². The van der Waals surface area contributed by atoms with Crippen LogP contribution in [0.25, 0.3) is 0 Å². The molecule has 0 amide bonds. The Bertz CT molecular complexity index is 1520. The zero-order valence-corrected chi connectivity index (χ0v) is 27.3. The Morgan fingerprint density at radius 1 is 0.696 bits per heavy atom. The van der Waals surface area contributed by atoms with Gasteiger partial charge in [-0.25, -0.2) is 0 Å². The van der Waals surface area contributed by atoms with E-state index in [1.54, 1.807) is 0 Å². The molecule has 7 nitrogen and oxygen atoms in total. The van der Waals surface area contributed by atoms with E-state index in [0.29, 0.717) is 47.2 Å². The topological polar surface area (TPSA) is 66.7 Å². The van der Waals surface area contributed by atoms with Crippen molar-refractivity contribution in [2.45, 2.75) is 74.5 Å². The standard InChI is InChI=1S/C38H39O7Se/c1-5-13-27(14-6-1)23-39-35-34-32(25-41-37(45-34)29-17-9-3-10-18-29)43-38(36(35)40-24-28-15-7-2-8-16-28)44-33-22-21-30(42-33)26-46-31-19-11-4-12-20-31/h1-20,30,32,34-38H,21-26H2/q+1/t30?,32?,34-,35?,36?,37?,38-/m1/s1. The molecule has 0 N–H and O–H groups in total. The van der Waals surface area contributed by atoms with Gasteiger partial charge in [0.25, 0.3) is 0 Å². The van der Waals surface area contributed by atoms with E-state index in [2.05, 4.69) is 42.5 Å². The summed E-state index contributed by atoms with van der Waals surface area (Å²) >= 11 is 0.333. The van der Waals surface area contributed by atoms with Gasteiger partial charge in [0.05, 0.1) is 0 Å². The van der Waals surface area contributed by atoms with Gasteiger partial charge in [-0.1, -0.05) is 54.6 Å². The van der Waals surface area contributed by atoms with E-state index in [1.165, 1.54) is 4.46 Å². The second-order valence-electron chi connectivity index (χ2n) is 11.6. The summed E-state index contributed by atoms with van der Waals surface area (Å²) in [4.78, 5) is 0. The molecule has 5 unspecified atom stereocenters. The van der Waals surface area contributed by atoms with Crippen LogP contribution in [-0.2, 0) is 46.1 Å². The van der Waals surface area contributed by atoms with Crippen LogP contribution in [0.5, 0.6) is 0 Å². The summed E-state index contributed by atoms with van der Waals surface area (Å²) in [5.41, 5.74) is 3.06. The molecule has 238 valence electrons. The second kappa shape index (κ2) is 15.5. The summed E-state index contributed by atoms with van der Waals surface area (Å²) in [5, 5.41) is 0.986. The van der Waals surface area contributed by atoms with Gasteiger partial charge in [0.1, 0.15) is 0 Å². The molecule has 3 aliphatic heterocycles. The maximum atomic E-state index is 6.71. The summed E-state index contributed by atoms with van der Waals surface area (Å²) in [6, 6.07) is 40.8. The zero-order chi connectivity index (χ0) is 31.0. The minimum atomic E-state index is -0.764. The van der Waals surface area contributed by atoms with Crippen LogP contribution < -0.4 is 4.46 Å². The molecular formula is C38H39O7Se+. The third-order valence-corrected chi connectivity index (χ3v) is 10.7. The first-order chi connectivity index (χ1) is 22.8. The molecule has 0 radical (unpaired) electrons. The predicted molar refractivity (Wildman–Crippen MR) is 174 cm³/mol. The molecule has 4 aromatic carbocycles. The first kappa shape index (κ1) is 31.3. The number of hydrogen-bond donors (Lipinski definition) is 0. The second-order valence-corrected chi connectivity index (χ2v) is 13.9. The molecule has 0 aromatic heterocycles. The smallest absolute Gasteiger partial charge is 0.0619 e. The van der Waals surface area contributed by atoms with E-state index in [0.717, 1.165) is 28.4 Å². The van der Waals surface area contributed by atoms with E-state index >= 15 is 0 Å². The van der Waals surface area contributed by atoms with Gasteiger partial charge in [-0.3, -0.25) is 0 Å². The number of rotatable bonds is 11. The summed E-state index contributed by atoms with van der Waals surface area (Å²) in [6.07, 6.45) is -1.51. The molecule has 3 saturated heterocycles. The van der Waals surface area contributed by atoms with Crippen LogP contribution in [0.4, 0.5) is 0 Å². The van der Waals surface area contributed by atoms with Gasteiger partial charge in [-0.2, -0.15) is 0 Å². The molecule has 8 heteroatoms. The molecule has 7 rings (SSSR count). The molecule has 0 saturated carbocycles. The average molecular weight is 687 g/mol. The molecule has 4 aromatic rings. The van der Waals surface area contributed by atoms with E-state index in [-0.39, 0.29) is 6.10 Å². The third kappa shape index (κ3) is 7.96.